The molecule has 0 fully saturated rings. The van der Waals surface area contributed by atoms with E-state index in [2.05, 4.69) is 41.2 Å². The van der Waals surface area contributed by atoms with Gasteiger partial charge < -0.3 is 4.98 Å². The largest absolute Gasteiger partial charge is 0.359 e. The third-order valence-corrected chi connectivity index (χ3v) is 2.81. The summed E-state index contributed by atoms with van der Waals surface area (Å²) < 4.78 is 0. The van der Waals surface area contributed by atoms with Crippen molar-refractivity contribution in [1.82, 2.24) is 9.97 Å². The fourth-order valence-electron chi connectivity index (χ4n) is 2.02. The molecule has 0 aliphatic rings. The van der Waals surface area contributed by atoms with E-state index in [4.69, 9.17) is 0 Å². The quantitative estimate of drug-likeness (QED) is 0.651. The maximum Gasteiger partial charge on any atom is 0.0646 e. The van der Waals surface area contributed by atoms with E-state index in [0.717, 1.165) is 5.52 Å². The van der Waals surface area contributed by atoms with Crippen molar-refractivity contribution in [2.75, 3.05) is 0 Å². The highest BCUT2D eigenvalue weighted by Gasteiger charge is 2.05. The Morgan fingerprint density at radius 3 is 3.00 bits per heavy atom. The van der Waals surface area contributed by atoms with Gasteiger partial charge in [0.1, 0.15) is 0 Å². The second-order valence-electron chi connectivity index (χ2n) is 3.99. The zero-order chi connectivity index (χ0) is 11.0. The molecule has 3 rings (SSSR count). The Bertz CT molecular complexity index is 638. The van der Waals surface area contributed by atoms with E-state index in [1.165, 1.54) is 22.1 Å². The SMILES string of the molecule is Cc1cccc(-c2c[nH]c3cnccc23)c1. The van der Waals surface area contributed by atoms with Crippen molar-refractivity contribution in [2.24, 2.45) is 0 Å². The van der Waals surface area contributed by atoms with Gasteiger partial charge in [0.25, 0.3) is 0 Å². The summed E-state index contributed by atoms with van der Waals surface area (Å²) in [4.78, 5) is 7.35. The Kier molecular flexibility index (Phi) is 2.00. The number of hydrogen-bond acceptors (Lipinski definition) is 1. The zero-order valence-electron chi connectivity index (χ0n) is 9.07. The molecule has 0 radical (unpaired) electrons. The van der Waals surface area contributed by atoms with Gasteiger partial charge in [-0.2, -0.15) is 0 Å². The molecule has 0 bridgehead atoms. The van der Waals surface area contributed by atoms with E-state index in [9.17, 15) is 0 Å². The minimum absolute atomic E-state index is 1.08. The highest BCUT2D eigenvalue weighted by Crippen LogP contribution is 2.28. The van der Waals surface area contributed by atoms with Crippen molar-refractivity contribution < 1.29 is 0 Å². The molecule has 0 amide bonds. The van der Waals surface area contributed by atoms with Gasteiger partial charge in [-0.3, -0.25) is 4.98 Å². The van der Waals surface area contributed by atoms with Gasteiger partial charge in [0, 0.05) is 23.3 Å². The lowest BCUT2D eigenvalue weighted by Crippen LogP contribution is -1.77. The lowest BCUT2D eigenvalue weighted by Gasteiger charge is -2.00. The van der Waals surface area contributed by atoms with Gasteiger partial charge in [-0.25, -0.2) is 0 Å². The van der Waals surface area contributed by atoms with Crippen LogP contribution >= 0.6 is 0 Å². The highest BCUT2D eigenvalue weighted by atomic mass is 14.7. The van der Waals surface area contributed by atoms with Crippen LogP contribution in [0.4, 0.5) is 0 Å². The normalized spacial score (nSPS) is 10.8. The van der Waals surface area contributed by atoms with Crippen LogP contribution in [0.1, 0.15) is 5.56 Å². The molecule has 0 unspecified atom stereocenters. The van der Waals surface area contributed by atoms with Crippen LogP contribution in [0.3, 0.4) is 0 Å². The summed E-state index contributed by atoms with van der Waals surface area (Å²) in [6.07, 6.45) is 5.73. The molecule has 2 heteroatoms. The first-order valence-electron chi connectivity index (χ1n) is 5.33. The number of aromatic amines is 1. The molecule has 2 heterocycles. The molecular formula is C14H12N2. The molecular weight excluding hydrogens is 196 g/mol. The smallest absolute Gasteiger partial charge is 0.0646 e. The van der Waals surface area contributed by atoms with Crippen LogP contribution < -0.4 is 0 Å². The Labute approximate surface area is 94.0 Å². The summed E-state index contributed by atoms with van der Waals surface area (Å²) in [7, 11) is 0. The standard InChI is InChI=1S/C14H12N2/c1-10-3-2-4-11(7-10)13-8-16-14-9-15-6-5-12(13)14/h2-9,16H,1H3. The van der Waals surface area contributed by atoms with Crippen molar-refractivity contribution in [3.8, 4) is 11.1 Å². The average molecular weight is 208 g/mol. The molecule has 1 N–H and O–H groups in total. The maximum absolute atomic E-state index is 4.11. The van der Waals surface area contributed by atoms with Crippen molar-refractivity contribution in [3.05, 3.63) is 54.5 Å². The lowest BCUT2D eigenvalue weighted by atomic mass is 10.0. The van der Waals surface area contributed by atoms with Crippen LogP contribution in [0.5, 0.6) is 0 Å². The molecule has 0 atom stereocenters. The monoisotopic (exact) mass is 208 g/mol. The molecule has 2 aromatic heterocycles. The molecule has 0 saturated carbocycles. The fraction of sp³-hybridized carbons (Fsp3) is 0.0714. The number of H-pyrrole nitrogens is 1. The van der Waals surface area contributed by atoms with Gasteiger partial charge in [-0.1, -0.05) is 29.8 Å². The van der Waals surface area contributed by atoms with Crippen molar-refractivity contribution in [2.45, 2.75) is 6.92 Å². The second-order valence-corrected chi connectivity index (χ2v) is 3.99. The highest BCUT2D eigenvalue weighted by molar-refractivity contribution is 5.94. The predicted octanol–water partition coefficient (Wildman–Crippen LogP) is 3.54. The van der Waals surface area contributed by atoms with Crippen molar-refractivity contribution in [3.63, 3.8) is 0 Å². The molecule has 0 saturated heterocycles. The summed E-state index contributed by atoms with van der Waals surface area (Å²) >= 11 is 0. The first-order chi connectivity index (χ1) is 7.84. The van der Waals surface area contributed by atoms with Crippen LogP contribution in [-0.2, 0) is 0 Å². The van der Waals surface area contributed by atoms with E-state index in [-0.39, 0.29) is 0 Å². The van der Waals surface area contributed by atoms with Gasteiger partial charge in [-0.05, 0) is 18.6 Å². The van der Waals surface area contributed by atoms with E-state index in [1.54, 1.807) is 0 Å². The predicted molar refractivity (Wildman–Crippen MR) is 66.3 cm³/mol. The summed E-state index contributed by atoms with van der Waals surface area (Å²) in [5.74, 6) is 0. The number of rotatable bonds is 1. The van der Waals surface area contributed by atoms with E-state index < -0.39 is 0 Å². The Morgan fingerprint density at radius 1 is 1.19 bits per heavy atom. The zero-order valence-corrected chi connectivity index (χ0v) is 9.07. The molecule has 0 aliphatic heterocycles. The second kappa shape index (κ2) is 3.49. The maximum atomic E-state index is 4.11. The van der Waals surface area contributed by atoms with Crippen LogP contribution in [0.2, 0.25) is 0 Å². The number of aromatic nitrogens is 2. The van der Waals surface area contributed by atoms with E-state index in [1.807, 2.05) is 24.7 Å². The number of pyridine rings is 1. The first kappa shape index (κ1) is 9.16. The van der Waals surface area contributed by atoms with Crippen molar-refractivity contribution >= 4 is 10.9 Å². The van der Waals surface area contributed by atoms with Gasteiger partial charge in [0.2, 0.25) is 0 Å². The van der Waals surface area contributed by atoms with Crippen LogP contribution in [0.25, 0.3) is 22.0 Å². The number of fused-ring (bicyclic) bond motifs is 1. The molecule has 16 heavy (non-hydrogen) atoms. The van der Waals surface area contributed by atoms with Gasteiger partial charge in [0.15, 0.2) is 0 Å². The summed E-state index contributed by atoms with van der Waals surface area (Å²) in [6, 6.07) is 10.6. The number of nitrogens with one attached hydrogen (secondary N) is 1. The Hall–Kier alpha value is -2.09. The minimum Gasteiger partial charge on any atom is -0.359 e. The number of hydrogen-bond donors (Lipinski definition) is 1. The summed E-state index contributed by atoms with van der Waals surface area (Å²) in [6.45, 7) is 2.11. The number of benzene rings is 1. The Balaban J connectivity index is 2.26. The van der Waals surface area contributed by atoms with Crippen LogP contribution in [-0.4, -0.2) is 9.97 Å². The molecule has 1 aromatic carbocycles. The third kappa shape index (κ3) is 1.39. The fourth-order valence-corrected chi connectivity index (χ4v) is 2.02. The Morgan fingerprint density at radius 2 is 2.12 bits per heavy atom. The van der Waals surface area contributed by atoms with Gasteiger partial charge in [-0.15, -0.1) is 0 Å². The number of nitrogens with zero attached hydrogens (tertiary/aromatic N) is 1. The van der Waals surface area contributed by atoms with Crippen LogP contribution in [0.15, 0.2) is 48.9 Å². The molecule has 0 aliphatic carbocycles. The average Bonchev–Trinajstić information content (AvgIpc) is 2.72. The van der Waals surface area contributed by atoms with Crippen molar-refractivity contribution in [1.29, 1.82) is 0 Å². The van der Waals surface area contributed by atoms with Crippen LogP contribution in [0, 0.1) is 6.92 Å². The lowest BCUT2D eigenvalue weighted by molar-refractivity contribution is 1.34. The van der Waals surface area contributed by atoms with Gasteiger partial charge in [0.05, 0.1) is 11.7 Å². The van der Waals surface area contributed by atoms with E-state index >= 15 is 0 Å². The molecule has 78 valence electrons. The number of aryl methyl sites for hydroxylation is 1. The summed E-state index contributed by atoms with van der Waals surface area (Å²) in [5, 5.41) is 1.22. The third-order valence-electron chi connectivity index (χ3n) is 2.81. The molecule has 3 aromatic rings. The topological polar surface area (TPSA) is 28.7 Å². The summed E-state index contributed by atoms with van der Waals surface area (Å²) in [5.41, 5.74) is 4.85. The molecule has 0 spiro atoms. The minimum atomic E-state index is 1.08. The first-order valence-corrected chi connectivity index (χ1v) is 5.33. The van der Waals surface area contributed by atoms with Gasteiger partial charge >= 0.3 is 0 Å². The van der Waals surface area contributed by atoms with E-state index in [0.29, 0.717) is 0 Å². The molecule has 2 nitrogen and oxygen atoms in total.